The predicted molar refractivity (Wildman–Crippen MR) is 117 cm³/mol. The number of carbonyl (C=O) groups is 1. The van der Waals surface area contributed by atoms with Crippen LogP contribution in [0.1, 0.15) is 16.2 Å². The summed E-state index contributed by atoms with van der Waals surface area (Å²) in [6.07, 6.45) is 4.45. The lowest BCUT2D eigenvalue weighted by molar-refractivity contribution is 0.101. The minimum absolute atomic E-state index is 0.293. The van der Waals surface area contributed by atoms with Crippen LogP contribution in [0.2, 0.25) is 0 Å². The van der Waals surface area contributed by atoms with Crippen LogP contribution in [-0.2, 0) is 0 Å². The van der Waals surface area contributed by atoms with Gasteiger partial charge in [0.25, 0.3) is 17.2 Å². The number of hydrogen-bond acceptors (Lipinski definition) is 7. The summed E-state index contributed by atoms with van der Waals surface area (Å²) >= 11 is 0. The molecule has 0 saturated heterocycles. The third-order valence-electron chi connectivity index (χ3n) is 4.94. The summed E-state index contributed by atoms with van der Waals surface area (Å²) in [4.78, 5) is 38.8. The van der Waals surface area contributed by atoms with E-state index in [0.717, 1.165) is 10.2 Å². The van der Waals surface area contributed by atoms with E-state index in [-0.39, 0.29) is 0 Å². The summed E-state index contributed by atoms with van der Waals surface area (Å²) in [6.45, 7) is 1.75. The summed E-state index contributed by atoms with van der Waals surface area (Å²) < 4.78 is 7.91. The first-order valence-electron chi connectivity index (χ1n) is 9.70. The first-order valence-corrected chi connectivity index (χ1v) is 9.70. The number of rotatable bonds is 4. The highest BCUT2D eigenvalue weighted by atomic mass is 16.5. The number of hydrogen-bond donors (Lipinski definition) is 1. The Kier molecular flexibility index (Phi) is 4.59. The Balaban J connectivity index is 1.73. The van der Waals surface area contributed by atoms with Crippen molar-refractivity contribution in [1.82, 2.24) is 29.2 Å². The number of aryl methyl sites for hydroxylation is 1. The average molecular weight is 427 g/mol. The van der Waals surface area contributed by atoms with Gasteiger partial charge in [-0.15, -0.1) is 5.10 Å². The summed E-state index contributed by atoms with van der Waals surface area (Å²) in [6, 6.07) is 12.2. The number of carbonyl (C=O) groups excluding carboxylic acids is 1. The standard InChI is InChI=1S/C22H17N7O3/c1-13-24-22-25-17-9-11-28(27-20(30)15-4-3-10-23-12-15)21(31)18(17)19(29(22)26-13)14-5-7-16(32-2)8-6-14/h3-12H,1-2H3,(H,27,30). The molecule has 10 heteroatoms. The van der Waals surface area contributed by atoms with Crippen molar-refractivity contribution in [1.29, 1.82) is 0 Å². The van der Waals surface area contributed by atoms with E-state index in [9.17, 15) is 9.59 Å². The fraction of sp³-hybridized carbons (Fsp3) is 0.0909. The summed E-state index contributed by atoms with van der Waals surface area (Å²) in [5.74, 6) is 1.11. The van der Waals surface area contributed by atoms with E-state index in [1.54, 1.807) is 50.6 Å². The van der Waals surface area contributed by atoms with E-state index in [0.29, 0.717) is 39.5 Å². The van der Waals surface area contributed by atoms with Gasteiger partial charge in [0.15, 0.2) is 0 Å². The quantitative estimate of drug-likeness (QED) is 0.467. The van der Waals surface area contributed by atoms with Crippen molar-refractivity contribution in [2.75, 3.05) is 12.5 Å². The number of methoxy groups -OCH3 is 1. The molecule has 10 nitrogen and oxygen atoms in total. The first kappa shape index (κ1) is 19.4. The highest BCUT2D eigenvalue weighted by Gasteiger charge is 2.19. The van der Waals surface area contributed by atoms with Crippen LogP contribution in [0.25, 0.3) is 27.9 Å². The van der Waals surface area contributed by atoms with Gasteiger partial charge in [0.05, 0.1) is 29.3 Å². The lowest BCUT2D eigenvalue weighted by atomic mass is 10.1. The van der Waals surface area contributed by atoms with Gasteiger partial charge in [0.2, 0.25) is 0 Å². The first-order chi connectivity index (χ1) is 15.5. The molecule has 4 heterocycles. The molecule has 158 valence electrons. The van der Waals surface area contributed by atoms with Crippen molar-refractivity contribution < 1.29 is 9.53 Å². The van der Waals surface area contributed by atoms with Crippen LogP contribution in [0.5, 0.6) is 5.75 Å². The number of amides is 1. The van der Waals surface area contributed by atoms with Gasteiger partial charge in [-0.1, -0.05) is 0 Å². The van der Waals surface area contributed by atoms with Crippen molar-refractivity contribution in [3.8, 4) is 17.0 Å². The van der Waals surface area contributed by atoms with Gasteiger partial charge >= 0.3 is 0 Å². The highest BCUT2D eigenvalue weighted by Crippen LogP contribution is 2.27. The minimum Gasteiger partial charge on any atom is -0.497 e. The molecule has 0 unspecified atom stereocenters. The molecular formula is C22H17N7O3. The topological polar surface area (TPSA) is 116 Å². The van der Waals surface area contributed by atoms with Crippen molar-refractivity contribution in [3.63, 3.8) is 0 Å². The molecule has 0 fully saturated rings. The van der Waals surface area contributed by atoms with E-state index in [1.807, 2.05) is 12.1 Å². The van der Waals surface area contributed by atoms with Crippen LogP contribution in [0, 0.1) is 6.92 Å². The normalized spacial score (nSPS) is 11.1. The third kappa shape index (κ3) is 3.23. The molecule has 4 aromatic heterocycles. The third-order valence-corrected chi connectivity index (χ3v) is 4.94. The Bertz CT molecular complexity index is 1520. The molecule has 0 aliphatic rings. The van der Waals surface area contributed by atoms with Gasteiger partial charge in [-0.05, 0) is 49.4 Å². The molecule has 1 N–H and O–H groups in total. The molecule has 1 amide bonds. The van der Waals surface area contributed by atoms with E-state index in [4.69, 9.17) is 4.74 Å². The number of benzene rings is 1. The Morgan fingerprint density at radius 2 is 1.91 bits per heavy atom. The number of fused-ring (bicyclic) bond motifs is 2. The zero-order chi connectivity index (χ0) is 22.2. The molecule has 5 aromatic rings. The van der Waals surface area contributed by atoms with Crippen molar-refractivity contribution in [2.45, 2.75) is 6.92 Å². The molecule has 0 saturated carbocycles. The van der Waals surface area contributed by atoms with Gasteiger partial charge < -0.3 is 4.74 Å². The van der Waals surface area contributed by atoms with Crippen LogP contribution in [0.15, 0.2) is 65.8 Å². The average Bonchev–Trinajstić information content (AvgIpc) is 3.20. The van der Waals surface area contributed by atoms with Gasteiger partial charge in [-0.2, -0.15) is 9.50 Å². The lowest BCUT2D eigenvalue weighted by Crippen LogP contribution is -2.33. The molecule has 0 aliphatic carbocycles. The Hall–Kier alpha value is -4.60. The van der Waals surface area contributed by atoms with E-state index < -0.39 is 11.5 Å². The number of aromatic nitrogens is 6. The lowest BCUT2D eigenvalue weighted by Gasteiger charge is -2.12. The molecule has 0 atom stereocenters. The Morgan fingerprint density at radius 3 is 2.62 bits per heavy atom. The minimum atomic E-state index is -0.462. The molecule has 0 spiro atoms. The molecule has 32 heavy (non-hydrogen) atoms. The Labute approximate surface area is 181 Å². The second kappa shape index (κ2) is 7.58. The zero-order valence-corrected chi connectivity index (χ0v) is 17.2. The van der Waals surface area contributed by atoms with Gasteiger partial charge in [-0.3, -0.25) is 20.0 Å². The number of nitrogens with one attached hydrogen (secondary N) is 1. The van der Waals surface area contributed by atoms with Crippen LogP contribution in [0.4, 0.5) is 0 Å². The van der Waals surface area contributed by atoms with Crippen LogP contribution < -0.4 is 15.7 Å². The molecular weight excluding hydrogens is 410 g/mol. The number of pyridine rings is 2. The molecule has 0 radical (unpaired) electrons. The van der Waals surface area contributed by atoms with Gasteiger partial charge in [0, 0.05) is 24.2 Å². The second-order valence-corrected chi connectivity index (χ2v) is 6.99. The van der Waals surface area contributed by atoms with E-state index >= 15 is 0 Å². The molecule has 0 aliphatic heterocycles. The molecule has 0 bridgehead atoms. The second-order valence-electron chi connectivity index (χ2n) is 6.99. The summed E-state index contributed by atoms with van der Waals surface area (Å²) in [7, 11) is 1.58. The van der Waals surface area contributed by atoms with Crippen LogP contribution in [0.3, 0.4) is 0 Å². The van der Waals surface area contributed by atoms with Crippen molar-refractivity contribution in [3.05, 3.63) is 82.8 Å². The van der Waals surface area contributed by atoms with Gasteiger partial charge in [0.1, 0.15) is 11.6 Å². The maximum Gasteiger partial charge on any atom is 0.280 e. The van der Waals surface area contributed by atoms with E-state index in [2.05, 4.69) is 25.5 Å². The number of nitrogens with zero attached hydrogens (tertiary/aromatic N) is 6. The van der Waals surface area contributed by atoms with E-state index in [1.165, 1.54) is 16.9 Å². The van der Waals surface area contributed by atoms with Crippen molar-refractivity contribution >= 4 is 22.6 Å². The maximum absolute atomic E-state index is 13.5. The van der Waals surface area contributed by atoms with Crippen LogP contribution >= 0.6 is 0 Å². The Morgan fingerprint density at radius 1 is 1.09 bits per heavy atom. The van der Waals surface area contributed by atoms with Crippen LogP contribution in [-0.4, -0.2) is 42.3 Å². The highest BCUT2D eigenvalue weighted by molar-refractivity contribution is 6.00. The monoisotopic (exact) mass is 427 g/mol. The molecule has 5 rings (SSSR count). The fourth-order valence-corrected chi connectivity index (χ4v) is 3.46. The van der Waals surface area contributed by atoms with Crippen molar-refractivity contribution in [2.24, 2.45) is 0 Å². The van der Waals surface area contributed by atoms with Gasteiger partial charge in [-0.25, -0.2) is 9.66 Å². The zero-order valence-electron chi connectivity index (χ0n) is 17.2. The smallest absolute Gasteiger partial charge is 0.280 e. The summed E-state index contributed by atoms with van der Waals surface area (Å²) in [5.41, 5.74) is 4.16. The number of ether oxygens (including phenoxy) is 1. The predicted octanol–water partition coefficient (Wildman–Crippen LogP) is 2.20. The molecule has 1 aromatic carbocycles. The maximum atomic E-state index is 13.5. The fourth-order valence-electron chi connectivity index (χ4n) is 3.46. The largest absolute Gasteiger partial charge is 0.497 e. The summed E-state index contributed by atoms with van der Waals surface area (Å²) in [5, 5.41) is 4.72. The SMILES string of the molecule is COc1ccc(-c2c3c(=O)n(NC(=O)c4cccnc4)ccc3nc3nc(C)nn23)cc1.